The number of aliphatic hydroxyl groups excluding tert-OH is 1. The van der Waals surface area contributed by atoms with E-state index < -0.39 is 59.3 Å². The molecule has 3 amide bonds. The second-order valence-corrected chi connectivity index (χ2v) is 16.5. The van der Waals surface area contributed by atoms with Gasteiger partial charge in [-0.3, -0.25) is 19.2 Å². The van der Waals surface area contributed by atoms with Gasteiger partial charge in [0.15, 0.2) is 0 Å². The minimum absolute atomic E-state index is 0.102. The third-order valence-corrected chi connectivity index (χ3v) is 10.6. The molecular weight excluding hydrogens is 634 g/mol. The minimum atomic E-state index is -1.27. The van der Waals surface area contributed by atoms with Crippen LogP contribution in [0, 0.1) is 23.2 Å². The summed E-state index contributed by atoms with van der Waals surface area (Å²) in [5.74, 6) is -3.57. The molecule has 3 fully saturated rings. The van der Waals surface area contributed by atoms with Gasteiger partial charge in [0.2, 0.25) is 17.7 Å². The predicted molar refractivity (Wildman–Crippen MR) is 193 cm³/mol. The Kier molecular flexibility index (Phi) is 12.1. The van der Waals surface area contributed by atoms with Gasteiger partial charge in [0.25, 0.3) is 0 Å². The zero-order valence-corrected chi connectivity index (χ0v) is 31.3. The van der Waals surface area contributed by atoms with Crippen LogP contribution in [0.1, 0.15) is 99.2 Å². The molecule has 3 saturated heterocycles. The van der Waals surface area contributed by atoms with Crippen molar-refractivity contribution in [2.45, 2.75) is 129 Å². The molecule has 3 aliphatic heterocycles. The second-order valence-electron chi connectivity index (χ2n) is 16.5. The molecule has 2 bridgehead atoms. The number of nitrogens with zero attached hydrogens (tertiary/aromatic N) is 2. The number of ether oxygens (including phenoxy) is 2. The molecule has 0 unspecified atom stereocenters. The number of hydrogen-bond acceptors (Lipinski definition) is 7. The van der Waals surface area contributed by atoms with Crippen molar-refractivity contribution in [2.75, 3.05) is 13.2 Å². The summed E-state index contributed by atoms with van der Waals surface area (Å²) in [6.07, 6.45) is 4.26. The zero-order chi connectivity index (χ0) is 37.2. The molecule has 10 nitrogen and oxygen atoms in total. The largest absolute Gasteiger partial charge is 0.455 e. The SMILES string of the molecule is C=CCCC(=O)N[C@H](C)[C@@H](OC(=O)[C@@H]1[C@@H]2CC[C@]3(O2)[C@H](C(=O)N(CC=C)C(C)(C)CC(C)(C)C)N([C@@H](CO)C(C)C)C(=O)[C@@H]13)c1ccccc1. The molecule has 50 heavy (non-hydrogen) atoms. The van der Waals surface area contributed by atoms with E-state index in [0.717, 1.165) is 0 Å². The summed E-state index contributed by atoms with van der Waals surface area (Å²) in [7, 11) is 0. The van der Waals surface area contributed by atoms with E-state index in [2.05, 4.69) is 39.2 Å². The fraction of sp³-hybridized carbons (Fsp3) is 0.650. The minimum Gasteiger partial charge on any atom is -0.455 e. The van der Waals surface area contributed by atoms with Gasteiger partial charge in [-0.1, -0.05) is 77.1 Å². The molecule has 276 valence electrons. The lowest BCUT2D eigenvalue weighted by molar-refractivity contribution is -0.163. The number of likely N-dealkylation sites (tertiary alicyclic amines) is 1. The maximum atomic E-state index is 15.1. The Bertz CT molecular complexity index is 1420. The van der Waals surface area contributed by atoms with E-state index in [4.69, 9.17) is 9.47 Å². The molecule has 2 N–H and O–H groups in total. The van der Waals surface area contributed by atoms with Gasteiger partial charge in [-0.25, -0.2) is 0 Å². The van der Waals surface area contributed by atoms with E-state index in [9.17, 15) is 19.5 Å². The molecule has 0 radical (unpaired) electrons. The highest BCUT2D eigenvalue weighted by Gasteiger charge is 2.76. The zero-order valence-electron chi connectivity index (χ0n) is 31.3. The van der Waals surface area contributed by atoms with Gasteiger partial charge >= 0.3 is 5.97 Å². The van der Waals surface area contributed by atoms with E-state index in [0.29, 0.717) is 31.2 Å². The lowest BCUT2D eigenvalue weighted by Crippen LogP contribution is -2.63. The Hall–Kier alpha value is -3.50. The standard InChI is InChI=1S/C40H59N3O7/c1-11-13-19-30(45)41-26(5)33(27-17-15-14-16-18-27)49-37(48)31-29-20-21-40(50-29)32(31)35(46)43(28(23-44)25(3)4)34(40)36(47)42(22-12-2)39(9,10)24-38(6,7)8/h11-12,14-18,25-26,28-29,31-34,44H,1-2,13,19-24H2,3-10H3,(H,41,45)/t26-,28+,29+,31-,32-,33-,34+,40-/m1/s1. The molecule has 1 aromatic carbocycles. The monoisotopic (exact) mass is 693 g/mol. The highest BCUT2D eigenvalue weighted by Crippen LogP contribution is 2.60. The van der Waals surface area contributed by atoms with Crippen molar-refractivity contribution >= 4 is 23.7 Å². The maximum Gasteiger partial charge on any atom is 0.313 e. The van der Waals surface area contributed by atoms with Gasteiger partial charge in [0, 0.05) is 18.5 Å². The number of allylic oxidation sites excluding steroid dienone is 1. The lowest BCUT2D eigenvalue weighted by atomic mass is 9.70. The number of esters is 1. The summed E-state index contributed by atoms with van der Waals surface area (Å²) in [6, 6.07) is 6.91. The van der Waals surface area contributed by atoms with E-state index in [1.807, 2.05) is 58.0 Å². The Morgan fingerprint density at radius 3 is 2.34 bits per heavy atom. The normalized spacial score (nSPS) is 26.3. The van der Waals surface area contributed by atoms with Crippen LogP contribution in [0.4, 0.5) is 0 Å². The second kappa shape index (κ2) is 15.4. The molecule has 3 heterocycles. The van der Waals surface area contributed by atoms with Crippen molar-refractivity contribution < 1.29 is 33.8 Å². The smallest absolute Gasteiger partial charge is 0.313 e. The van der Waals surface area contributed by atoms with Crippen molar-refractivity contribution in [3.8, 4) is 0 Å². The van der Waals surface area contributed by atoms with Crippen molar-refractivity contribution in [2.24, 2.45) is 23.2 Å². The van der Waals surface area contributed by atoms with Crippen LogP contribution in [0.25, 0.3) is 0 Å². The summed E-state index contributed by atoms with van der Waals surface area (Å²) >= 11 is 0. The summed E-state index contributed by atoms with van der Waals surface area (Å²) in [4.78, 5) is 60.2. The van der Waals surface area contributed by atoms with Crippen LogP contribution in [0.15, 0.2) is 55.6 Å². The lowest BCUT2D eigenvalue weighted by Gasteiger charge is -2.46. The molecule has 0 aliphatic carbocycles. The average molecular weight is 694 g/mol. The molecule has 0 saturated carbocycles. The van der Waals surface area contributed by atoms with Crippen molar-refractivity contribution in [3.63, 3.8) is 0 Å². The molecule has 4 rings (SSSR count). The highest BCUT2D eigenvalue weighted by atomic mass is 16.6. The maximum absolute atomic E-state index is 15.1. The first kappa shape index (κ1) is 39.3. The van der Waals surface area contributed by atoms with E-state index >= 15 is 4.79 Å². The van der Waals surface area contributed by atoms with E-state index in [-0.39, 0.29) is 48.6 Å². The van der Waals surface area contributed by atoms with Crippen molar-refractivity contribution in [1.29, 1.82) is 0 Å². The molecule has 8 atom stereocenters. The number of carbonyl (C=O) groups excluding carboxylic acids is 4. The topological polar surface area (TPSA) is 125 Å². The van der Waals surface area contributed by atoms with Gasteiger partial charge in [-0.15, -0.1) is 13.2 Å². The Balaban J connectivity index is 1.75. The third kappa shape index (κ3) is 7.71. The Labute approximate surface area is 298 Å². The van der Waals surface area contributed by atoms with Gasteiger partial charge in [0.1, 0.15) is 17.7 Å². The Morgan fingerprint density at radius 1 is 1.12 bits per heavy atom. The number of benzene rings is 1. The average Bonchev–Trinajstić information content (AvgIpc) is 3.68. The first-order valence-corrected chi connectivity index (χ1v) is 18.1. The number of carbonyl (C=O) groups is 4. The fourth-order valence-corrected chi connectivity index (χ4v) is 8.86. The molecular formula is C40H59N3O7. The number of amides is 3. The van der Waals surface area contributed by atoms with Gasteiger partial charge in [0.05, 0.1) is 36.6 Å². The summed E-state index contributed by atoms with van der Waals surface area (Å²) in [5, 5.41) is 13.6. The van der Waals surface area contributed by atoms with Crippen LogP contribution < -0.4 is 5.32 Å². The van der Waals surface area contributed by atoms with Gasteiger partial charge < -0.3 is 29.7 Å². The number of hydrogen-bond donors (Lipinski definition) is 2. The number of nitrogens with one attached hydrogen (secondary N) is 1. The number of aliphatic hydroxyl groups is 1. The van der Waals surface area contributed by atoms with E-state index in [1.54, 1.807) is 24.0 Å². The van der Waals surface area contributed by atoms with Gasteiger partial charge in [-0.05, 0) is 63.4 Å². The van der Waals surface area contributed by atoms with Gasteiger partial charge in [-0.2, -0.15) is 0 Å². The van der Waals surface area contributed by atoms with Crippen LogP contribution in [0.2, 0.25) is 0 Å². The molecule has 10 heteroatoms. The van der Waals surface area contributed by atoms with Crippen LogP contribution >= 0.6 is 0 Å². The van der Waals surface area contributed by atoms with Crippen LogP contribution in [0.5, 0.6) is 0 Å². The highest BCUT2D eigenvalue weighted by molar-refractivity contribution is 5.98. The summed E-state index contributed by atoms with van der Waals surface area (Å²) < 4.78 is 13.0. The quantitative estimate of drug-likeness (QED) is 0.176. The van der Waals surface area contributed by atoms with E-state index in [1.165, 1.54) is 4.90 Å². The third-order valence-electron chi connectivity index (χ3n) is 10.6. The van der Waals surface area contributed by atoms with Crippen LogP contribution in [-0.4, -0.2) is 87.1 Å². The van der Waals surface area contributed by atoms with Crippen LogP contribution in [-0.2, 0) is 28.7 Å². The Morgan fingerprint density at radius 2 is 1.78 bits per heavy atom. The summed E-state index contributed by atoms with van der Waals surface area (Å²) in [6.45, 7) is 23.6. The number of rotatable bonds is 16. The molecule has 3 aliphatic rings. The molecule has 1 spiro atoms. The fourth-order valence-electron chi connectivity index (χ4n) is 8.86. The van der Waals surface area contributed by atoms with Crippen LogP contribution in [0.3, 0.4) is 0 Å². The number of fused-ring (bicyclic) bond motifs is 1. The first-order chi connectivity index (χ1) is 23.4. The van der Waals surface area contributed by atoms with Crippen molar-refractivity contribution in [1.82, 2.24) is 15.1 Å². The molecule has 1 aromatic rings. The predicted octanol–water partition coefficient (Wildman–Crippen LogP) is 5.36. The summed E-state index contributed by atoms with van der Waals surface area (Å²) in [5.41, 5.74) is -1.28. The first-order valence-electron chi connectivity index (χ1n) is 18.1. The molecule has 0 aromatic heterocycles. The van der Waals surface area contributed by atoms with Crippen molar-refractivity contribution in [3.05, 3.63) is 61.2 Å².